The first kappa shape index (κ1) is 115. The van der Waals surface area contributed by atoms with Crippen molar-refractivity contribution < 1.29 is 115 Å². The largest absolute Gasteiger partial charge is 0.465 e. The van der Waals surface area contributed by atoms with Gasteiger partial charge in [0.1, 0.15) is 30.5 Å². The molecular formula is C96H168O24. The fourth-order valence-electron chi connectivity index (χ4n) is 14.0. The van der Waals surface area contributed by atoms with E-state index in [1.165, 1.54) is 0 Å². The minimum atomic E-state index is -0.616. The third-order valence-electron chi connectivity index (χ3n) is 20.7. The summed E-state index contributed by atoms with van der Waals surface area (Å²) in [5, 5.41) is 0. The van der Waals surface area contributed by atoms with Gasteiger partial charge in [-0.05, 0) is 87.2 Å². The summed E-state index contributed by atoms with van der Waals surface area (Å²) in [7, 11) is 0. The average molecular weight is 1710 g/mol. The zero-order valence-corrected chi connectivity index (χ0v) is 81.4. The number of unbranched alkanes of at least 4 members (excludes halogenated alkanes) is 6. The molecular weight excluding hydrogens is 1540 g/mol. The maximum absolute atomic E-state index is 13.2. The number of carbonyl (C=O) groups is 11. The van der Waals surface area contributed by atoms with Crippen molar-refractivity contribution in [2.75, 3.05) is 46.2 Å². The molecule has 120 heavy (non-hydrogen) atoms. The van der Waals surface area contributed by atoms with Crippen LogP contribution in [-0.4, -0.2) is 149 Å². The van der Waals surface area contributed by atoms with Gasteiger partial charge in [-0.3, -0.25) is 43.2 Å². The standard InChI is InChI=1S/C34H62O8.C32H52O8.C30H54O8/c1-23(2)29(34(11,12)22-40-31(37)25(5)6)41-28(36)20-18-16-14-13-15-17-19-27(35)39-21-33(9,10)30(24(3)4)42-32(38)26(7)8;1-20(2)26(31(9,10)18-37-28(33)22(5)6)17-36-29(34)24-15-13-14-16-25(24)30(35)38-19-32(11,12)27(21(3)4)40-39-23(7)8;1-19(2)25(30(11,12)18-36-27(33)21(5)6)37-24(32)16-14-13-15-23(31)35-17-29(9,10)26(20(3)4)38-28(34)22(7)8/h23-26,29-30H,13-22H2,1-12H3;13-16,20-23,26-27H,17-19H2,1-12H3;19-22,25-26H,13-18H2,1-12H3. The molecule has 0 bridgehead atoms. The first-order valence-electron chi connectivity index (χ1n) is 44.4. The second kappa shape index (κ2) is 55.5. The van der Waals surface area contributed by atoms with E-state index in [4.69, 9.17) is 61.9 Å². The van der Waals surface area contributed by atoms with E-state index >= 15 is 0 Å². The first-order valence-corrected chi connectivity index (χ1v) is 44.4. The summed E-state index contributed by atoms with van der Waals surface area (Å²) < 4.78 is 61.8. The molecule has 0 aliphatic heterocycles. The molecule has 0 aliphatic carbocycles. The molecule has 1 aromatic rings. The fraction of sp³-hybridized carbons (Fsp3) is 0.823. The van der Waals surface area contributed by atoms with Crippen LogP contribution in [0.2, 0.25) is 0 Å². The molecule has 1 aromatic carbocycles. The van der Waals surface area contributed by atoms with Gasteiger partial charge in [0.15, 0.2) is 0 Å². The third kappa shape index (κ3) is 45.6. The number of carbonyl (C=O) groups excluding carboxylic acids is 11. The van der Waals surface area contributed by atoms with Gasteiger partial charge in [-0.1, -0.05) is 273 Å². The molecule has 0 aliphatic rings. The van der Waals surface area contributed by atoms with Gasteiger partial charge in [0.25, 0.3) is 0 Å². The van der Waals surface area contributed by atoms with Crippen LogP contribution in [0.3, 0.4) is 0 Å². The van der Waals surface area contributed by atoms with Crippen LogP contribution in [-0.2, 0) is 105 Å². The van der Waals surface area contributed by atoms with Gasteiger partial charge >= 0.3 is 65.7 Å². The normalized spacial score (nSPS) is 13.9. The number of esters is 11. The second-order valence-electron chi connectivity index (χ2n) is 40.7. The minimum Gasteiger partial charge on any atom is -0.465 e. The van der Waals surface area contributed by atoms with Gasteiger partial charge in [0, 0.05) is 64.1 Å². The summed E-state index contributed by atoms with van der Waals surface area (Å²) in [5.74, 6) is -4.25. The van der Waals surface area contributed by atoms with Crippen LogP contribution in [0.5, 0.6) is 0 Å². The van der Waals surface area contributed by atoms with Crippen molar-refractivity contribution in [3.05, 3.63) is 35.4 Å². The lowest BCUT2D eigenvalue weighted by atomic mass is 9.74. The first-order chi connectivity index (χ1) is 55.0. The van der Waals surface area contributed by atoms with E-state index in [2.05, 4.69) is 0 Å². The van der Waals surface area contributed by atoms with Crippen LogP contribution in [0, 0.1) is 104 Å². The highest BCUT2D eigenvalue weighted by molar-refractivity contribution is 6.03. The molecule has 0 heterocycles. The van der Waals surface area contributed by atoms with Crippen LogP contribution in [0.4, 0.5) is 0 Å². The monoisotopic (exact) mass is 1710 g/mol. The van der Waals surface area contributed by atoms with Crippen LogP contribution >= 0.6 is 0 Å². The third-order valence-corrected chi connectivity index (χ3v) is 20.7. The molecule has 0 saturated carbocycles. The highest BCUT2D eigenvalue weighted by atomic mass is 17.2. The summed E-state index contributed by atoms with van der Waals surface area (Å²) in [6.07, 6.45) is 5.48. The smallest absolute Gasteiger partial charge is 0.339 e. The zero-order valence-electron chi connectivity index (χ0n) is 81.4. The Labute approximate surface area is 724 Å². The van der Waals surface area contributed by atoms with E-state index in [0.29, 0.717) is 25.7 Å². The van der Waals surface area contributed by atoms with Crippen LogP contribution in [0.15, 0.2) is 24.3 Å². The lowest BCUT2D eigenvalue weighted by Gasteiger charge is -2.36. The Balaban J connectivity index is 0. The number of hydrogen-bond donors (Lipinski definition) is 0. The van der Waals surface area contributed by atoms with Crippen molar-refractivity contribution in [3.8, 4) is 0 Å². The van der Waals surface area contributed by atoms with Crippen LogP contribution in [0.1, 0.15) is 347 Å². The molecule has 0 saturated heterocycles. The SMILES string of the molecule is CC(C)C(=O)OCC(C)(C)C(OC(=O)CCCCC(=O)OCC(C)(C)C(OC(=O)C(C)C)C(C)C)C(C)C.CC(C)C(=O)OCC(C)(C)C(OC(=O)CCCCCCCCC(=O)OCC(C)(C)C(OC(=O)C(C)C)C(C)C)C(C)C.CC(C)OOC(C(C)C)C(C)(C)COC(=O)c1ccccc1C(=O)OCC(C(C)C)C(C)(C)COC(=O)C(C)C. The maximum Gasteiger partial charge on any atom is 0.339 e. The Morgan fingerprint density at radius 1 is 0.258 bits per heavy atom. The van der Waals surface area contributed by atoms with Crippen molar-refractivity contribution in [1.82, 2.24) is 0 Å². The maximum atomic E-state index is 13.2. The Bertz CT molecular complexity index is 3210. The van der Waals surface area contributed by atoms with Crippen molar-refractivity contribution in [2.24, 2.45) is 104 Å². The highest BCUT2D eigenvalue weighted by Crippen LogP contribution is 2.38. The van der Waals surface area contributed by atoms with E-state index in [1.54, 1.807) is 79.7 Å². The van der Waals surface area contributed by atoms with Gasteiger partial charge in [0.05, 0.1) is 93.1 Å². The minimum absolute atomic E-state index is 0.0412. The molecule has 0 fully saturated rings. The van der Waals surface area contributed by atoms with E-state index in [1.807, 2.05) is 194 Å². The van der Waals surface area contributed by atoms with Gasteiger partial charge in [-0.25, -0.2) is 19.4 Å². The lowest BCUT2D eigenvalue weighted by molar-refractivity contribution is -0.369. The summed E-state index contributed by atoms with van der Waals surface area (Å²) in [6.45, 7) is 70.2. The summed E-state index contributed by atoms with van der Waals surface area (Å²) in [6, 6.07) is 6.47. The molecule has 0 spiro atoms. The predicted octanol–water partition coefficient (Wildman–Crippen LogP) is 20.7. The Morgan fingerprint density at radius 2 is 0.508 bits per heavy atom. The highest BCUT2D eigenvalue weighted by Gasteiger charge is 2.43. The molecule has 6 atom stereocenters. The van der Waals surface area contributed by atoms with Crippen LogP contribution in [0.25, 0.3) is 0 Å². The lowest BCUT2D eigenvalue weighted by Crippen LogP contribution is -2.42. The van der Waals surface area contributed by atoms with Crippen molar-refractivity contribution in [2.45, 2.75) is 363 Å². The second-order valence-corrected chi connectivity index (χ2v) is 40.7. The van der Waals surface area contributed by atoms with Crippen molar-refractivity contribution >= 4 is 65.7 Å². The predicted molar refractivity (Wildman–Crippen MR) is 467 cm³/mol. The van der Waals surface area contributed by atoms with E-state index in [0.717, 1.165) is 38.5 Å². The quantitative estimate of drug-likeness (QED) is 0.0192. The van der Waals surface area contributed by atoms with Gasteiger partial charge < -0.3 is 52.1 Å². The molecule has 0 radical (unpaired) electrons. The van der Waals surface area contributed by atoms with Gasteiger partial charge in [-0.15, -0.1) is 0 Å². The number of hydrogen-bond acceptors (Lipinski definition) is 24. The topological polar surface area (TPSA) is 308 Å². The Hall–Kier alpha value is -6.69. The molecule has 1 rings (SSSR count). The van der Waals surface area contributed by atoms with E-state index in [9.17, 15) is 52.7 Å². The average Bonchev–Trinajstić information content (AvgIpc) is 0.811. The zero-order chi connectivity index (χ0) is 93.4. The van der Waals surface area contributed by atoms with E-state index < -0.39 is 50.5 Å². The number of benzene rings is 1. The summed E-state index contributed by atoms with van der Waals surface area (Å²) in [4.78, 5) is 147. The van der Waals surface area contributed by atoms with E-state index in [-0.39, 0.29) is 225 Å². The van der Waals surface area contributed by atoms with Crippen LogP contribution < -0.4 is 0 Å². The molecule has 0 amide bonds. The number of rotatable bonds is 54. The molecule has 24 nitrogen and oxygen atoms in total. The van der Waals surface area contributed by atoms with Gasteiger partial charge in [-0.2, -0.15) is 0 Å². The van der Waals surface area contributed by atoms with Crippen molar-refractivity contribution in [1.29, 1.82) is 0 Å². The number of ether oxygens (including phenoxy) is 11. The van der Waals surface area contributed by atoms with Crippen molar-refractivity contribution in [3.63, 3.8) is 0 Å². The Morgan fingerprint density at radius 3 is 0.800 bits per heavy atom. The Kier molecular flexibility index (Phi) is 53.4. The molecule has 696 valence electrons. The molecule has 0 N–H and O–H groups in total. The molecule has 0 aromatic heterocycles. The molecule has 24 heteroatoms. The fourth-order valence-corrected chi connectivity index (χ4v) is 14.0. The molecule has 6 unspecified atom stereocenters. The summed E-state index contributed by atoms with van der Waals surface area (Å²) >= 11 is 0. The van der Waals surface area contributed by atoms with Gasteiger partial charge in [0.2, 0.25) is 0 Å². The summed E-state index contributed by atoms with van der Waals surface area (Å²) in [5.41, 5.74) is -2.77.